The summed E-state index contributed by atoms with van der Waals surface area (Å²) in [6.45, 7) is 2.94. The average Bonchev–Trinajstić information content (AvgIpc) is 2.86. The second kappa shape index (κ2) is 7.02. The Bertz CT molecular complexity index is 583. The van der Waals surface area contributed by atoms with E-state index in [0.717, 1.165) is 22.0 Å². The van der Waals surface area contributed by atoms with Crippen LogP contribution in [0.25, 0.3) is 10.6 Å². The predicted molar refractivity (Wildman–Crippen MR) is 81.2 cm³/mol. The standard InChI is InChI=1S/C14H17N3O2S/c1-10-9-20-13(16-10)11-4-3-5-12(8-11)17-14(18)15-6-7-19-2/h3-5,8-9H,6-7H2,1-2H3,(H2,15,17,18). The van der Waals surface area contributed by atoms with E-state index in [-0.39, 0.29) is 6.03 Å². The highest BCUT2D eigenvalue weighted by Crippen LogP contribution is 2.25. The molecule has 2 rings (SSSR count). The number of urea groups is 1. The van der Waals surface area contributed by atoms with Crippen molar-refractivity contribution in [3.63, 3.8) is 0 Å². The zero-order chi connectivity index (χ0) is 14.4. The Balaban J connectivity index is 2.01. The molecule has 0 spiro atoms. The maximum atomic E-state index is 11.6. The lowest BCUT2D eigenvalue weighted by Gasteiger charge is -2.08. The molecule has 0 bridgehead atoms. The first kappa shape index (κ1) is 14.5. The maximum Gasteiger partial charge on any atom is 0.319 e. The molecular weight excluding hydrogens is 274 g/mol. The maximum absolute atomic E-state index is 11.6. The molecule has 2 amide bonds. The lowest BCUT2D eigenvalue weighted by atomic mass is 10.2. The van der Waals surface area contributed by atoms with E-state index in [2.05, 4.69) is 15.6 Å². The first-order chi connectivity index (χ1) is 9.69. The van der Waals surface area contributed by atoms with Gasteiger partial charge in [-0.05, 0) is 19.1 Å². The molecular formula is C14H17N3O2S. The summed E-state index contributed by atoms with van der Waals surface area (Å²) in [5.41, 5.74) is 2.74. The van der Waals surface area contributed by atoms with Crippen LogP contribution in [0.3, 0.4) is 0 Å². The summed E-state index contributed by atoms with van der Waals surface area (Å²) in [4.78, 5) is 16.1. The van der Waals surface area contributed by atoms with Crippen molar-refractivity contribution in [3.05, 3.63) is 35.3 Å². The minimum atomic E-state index is -0.241. The van der Waals surface area contributed by atoms with Crippen LogP contribution in [0.1, 0.15) is 5.69 Å². The highest BCUT2D eigenvalue weighted by molar-refractivity contribution is 7.13. The molecule has 5 nitrogen and oxygen atoms in total. The third-order valence-electron chi connectivity index (χ3n) is 2.58. The van der Waals surface area contributed by atoms with E-state index in [0.29, 0.717) is 13.2 Å². The van der Waals surface area contributed by atoms with Crippen molar-refractivity contribution in [2.45, 2.75) is 6.92 Å². The SMILES string of the molecule is COCCNC(=O)Nc1cccc(-c2nc(C)cs2)c1. The van der Waals surface area contributed by atoms with Gasteiger partial charge in [0.05, 0.1) is 6.61 Å². The Labute approximate surface area is 122 Å². The zero-order valence-corrected chi connectivity index (χ0v) is 12.3. The van der Waals surface area contributed by atoms with Gasteiger partial charge in [-0.2, -0.15) is 0 Å². The van der Waals surface area contributed by atoms with Crippen LogP contribution in [-0.4, -0.2) is 31.3 Å². The number of rotatable bonds is 5. The molecule has 0 saturated carbocycles. The number of thiazole rings is 1. The first-order valence-electron chi connectivity index (χ1n) is 6.25. The Morgan fingerprint density at radius 1 is 1.45 bits per heavy atom. The summed E-state index contributed by atoms with van der Waals surface area (Å²) in [6.07, 6.45) is 0. The number of hydrogen-bond donors (Lipinski definition) is 2. The third-order valence-corrected chi connectivity index (χ3v) is 3.59. The third kappa shape index (κ3) is 4.04. The van der Waals surface area contributed by atoms with Gasteiger partial charge in [0, 0.05) is 36.0 Å². The summed E-state index contributed by atoms with van der Waals surface area (Å²) < 4.78 is 4.87. The molecule has 0 aliphatic carbocycles. The Hall–Kier alpha value is -1.92. The van der Waals surface area contributed by atoms with Crippen LogP contribution in [0.2, 0.25) is 0 Å². The molecule has 2 N–H and O–H groups in total. The van der Waals surface area contributed by atoms with Gasteiger partial charge < -0.3 is 15.4 Å². The number of methoxy groups -OCH3 is 1. The molecule has 0 fully saturated rings. The van der Waals surface area contributed by atoms with Gasteiger partial charge in [-0.25, -0.2) is 9.78 Å². The lowest BCUT2D eigenvalue weighted by Crippen LogP contribution is -2.31. The van der Waals surface area contributed by atoms with Crippen LogP contribution >= 0.6 is 11.3 Å². The first-order valence-corrected chi connectivity index (χ1v) is 7.13. The molecule has 1 aromatic carbocycles. The van der Waals surface area contributed by atoms with Gasteiger partial charge in [-0.3, -0.25) is 0 Å². The number of hydrogen-bond acceptors (Lipinski definition) is 4. The van der Waals surface area contributed by atoms with E-state index in [1.54, 1.807) is 18.4 Å². The monoisotopic (exact) mass is 291 g/mol. The molecule has 2 aromatic rings. The van der Waals surface area contributed by atoms with E-state index in [1.165, 1.54) is 0 Å². The van der Waals surface area contributed by atoms with E-state index < -0.39 is 0 Å². The second-order valence-electron chi connectivity index (χ2n) is 4.25. The van der Waals surface area contributed by atoms with Crippen LogP contribution in [0, 0.1) is 6.92 Å². The van der Waals surface area contributed by atoms with Crippen molar-refractivity contribution in [3.8, 4) is 10.6 Å². The lowest BCUT2D eigenvalue weighted by molar-refractivity contribution is 0.198. The number of nitrogens with zero attached hydrogens (tertiary/aromatic N) is 1. The van der Waals surface area contributed by atoms with Gasteiger partial charge in [0.2, 0.25) is 0 Å². The average molecular weight is 291 g/mol. The number of ether oxygens (including phenoxy) is 1. The fourth-order valence-electron chi connectivity index (χ4n) is 1.66. The van der Waals surface area contributed by atoms with Gasteiger partial charge >= 0.3 is 6.03 Å². The summed E-state index contributed by atoms with van der Waals surface area (Å²) in [6, 6.07) is 7.39. The molecule has 0 aliphatic rings. The molecule has 1 heterocycles. The van der Waals surface area contributed by atoms with E-state index in [4.69, 9.17) is 4.74 Å². The van der Waals surface area contributed by atoms with Gasteiger partial charge in [-0.1, -0.05) is 12.1 Å². The predicted octanol–water partition coefficient (Wildman–Crippen LogP) is 2.89. The van der Waals surface area contributed by atoms with Gasteiger partial charge in [0.25, 0.3) is 0 Å². The normalized spacial score (nSPS) is 10.3. The topological polar surface area (TPSA) is 63.2 Å². The molecule has 0 radical (unpaired) electrons. The molecule has 0 atom stereocenters. The fourth-order valence-corrected chi connectivity index (χ4v) is 2.45. The molecule has 0 aliphatic heterocycles. The number of benzene rings is 1. The number of anilines is 1. The largest absolute Gasteiger partial charge is 0.383 e. The number of amides is 2. The Morgan fingerprint density at radius 3 is 3.00 bits per heavy atom. The van der Waals surface area contributed by atoms with Crippen molar-refractivity contribution in [2.75, 3.05) is 25.6 Å². The highest BCUT2D eigenvalue weighted by atomic mass is 32.1. The van der Waals surface area contributed by atoms with Gasteiger partial charge in [0.15, 0.2) is 0 Å². The molecule has 6 heteroatoms. The smallest absolute Gasteiger partial charge is 0.319 e. The summed E-state index contributed by atoms with van der Waals surface area (Å²) >= 11 is 1.59. The van der Waals surface area contributed by atoms with E-state index in [9.17, 15) is 4.79 Å². The van der Waals surface area contributed by atoms with E-state index in [1.807, 2.05) is 36.6 Å². The van der Waals surface area contributed by atoms with Crippen LogP contribution in [0.4, 0.5) is 10.5 Å². The highest BCUT2D eigenvalue weighted by Gasteiger charge is 2.05. The minimum absolute atomic E-state index is 0.241. The summed E-state index contributed by atoms with van der Waals surface area (Å²) in [7, 11) is 1.60. The van der Waals surface area contributed by atoms with Crippen molar-refractivity contribution >= 4 is 23.1 Å². The molecule has 20 heavy (non-hydrogen) atoms. The number of aromatic nitrogens is 1. The van der Waals surface area contributed by atoms with Crippen LogP contribution < -0.4 is 10.6 Å². The zero-order valence-electron chi connectivity index (χ0n) is 11.5. The summed E-state index contributed by atoms with van der Waals surface area (Å²) in [5.74, 6) is 0. The van der Waals surface area contributed by atoms with Crippen molar-refractivity contribution in [1.29, 1.82) is 0 Å². The Morgan fingerprint density at radius 2 is 2.30 bits per heavy atom. The molecule has 106 valence electrons. The van der Waals surface area contributed by atoms with Crippen LogP contribution in [-0.2, 0) is 4.74 Å². The Kier molecular flexibility index (Phi) is 5.09. The minimum Gasteiger partial charge on any atom is -0.383 e. The van der Waals surface area contributed by atoms with Gasteiger partial charge in [0.1, 0.15) is 5.01 Å². The number of nitrogens with one attached hydrogen (secondary N) is 2. The van der Waals surface area contributed by atoms with Gasteiger partial charge in [-0.15, -0.1) is 11.3 Å². The molecule has 0 unspecified atom stereocenters. The summed E-state index contributed by atoms with van der Waals surface area (Å²) in [5, 5.41) is 8.45. The number of aryl methyl sites for hydroxylation is 1. The van der Waals surface area contributed by atoms with Crippen LogP contribution in [0.5, 0.6) is 0 Å². The van der Waals surface area contributed by atoms with Crippen molar-refractivity contribution in [1.82, 2.24) is 10.3 Å². The quantitative estimate of drug-likeness (QED) is 0.833. The van der Waals surface area contributed by atoms with Crippen LogP contribution in [0.15, 0.2) is 29.6 Å². The fraction of sp³-hybridized carbons (Fsp3) is 0.286. The van der Waals surface area contributed by atoms with Crippen molar-refractivity contribution < 1.29 is 9.53 Å². The number of carbonyl (C=O) groups excluding carboxylic acids is 1. The van der Waals surface area contributed by atoms with Crippen molar-refractivity contribution in [2.24, 2.45) is 0 Å². The second-order valence-corrected chi connectivity index (χ2v) is 5.11. The number of carbonyl (C=O) groups is 1. The molecule has 0 saturated heterocycles. The molecule has 1 aromatic heterocycles. The van der Waals surface area contributed by atoms with E-state index >= 15 is 0 Å².